The average Bonchev–Trinajstić information content (AvgIpc) is 3.30. The Morgan fingerprint density at radius 2 is 1.79 bits per heavy atom. The molecule has 1 fully saturated rings. The maximum atomic E-state index is 13.0. The predicted molar refractivity (Wildman–Crippen MR) is 133 cm³/mol. The fourth-order valence-corrected chi connectivity index (χ4v) is 5.03. The van der Waals surface area contributed by atoms with Crippen LogP contribution in [0.25, 0.3) is 10.9 Å². The molecule has 0 bridgehead atoms. The minimum atomic E-state index is -0.0393. The van der Waals surface area contributed by atoms with Crippen LogP contribution in [-0.2, 0) is 19.6 Å². The lowest BCUT2D eigenvalue weighted by Crippen LogP contribution is -2.29. The third-order valence-corrected chi connectivity index (χ3v) is 6.93. The molecule has 4 aromatic rings. The number of nitrogens with one attached hydrogen (secondary N) is 1. The average molecular weight is 457 g/mol. The molecule has 2 aromatic heterocycles. The Kier molecular flexibility index (Phi) is 6.54. The van der Waals surface area contributed by atoms with Gasteiger partial charge in [0.25, 0.3) is 5.56 Å². The normalized spacial score (nSPS) is 14.8. The molecule has 0 saturated heterocycles. The Morgan fingerprint density at radius 3 is 2.59 bits per heavy atom. The Bertz CT molecular complexity index is 1320. The van der Waals surface area contributed by atoms with Crippen LogP contribution in [0.4, 0.5) is 0 Å². The van der Waals surface area contributed by atoms with E-state index >= 15 is 0 Å². The zero-order valence-electron chi connectivity index (χ0n) is 20.0. The number of fused-ring (bicyclic) bond motifs is 1. The van der Waals surface area contributed by atoms with Crippen molar-refractivity contribution in [2.75, 3.05) is 0 Å². The monoisotopic (exact) mass is 456 g/mol. The zero-order valence-corrected chi connectivity index (χ0v) is 20.0. The second-order valence-corrected chi connectivity index (χ2v) is 9.63. The fraction of sp³-hybridized carbons (Fsp3) is 0.407. The Hall–Kier alpha value is -3.32. The molecule has 1 saturated carbocycles. The number of nitrogens with zero attached hydrogens (tertiary/aromatic N) is 5. The van der Waals surface area contributed by atoms with Crippen LogP contribution in [0.5, 0.6) is 0 Å². The Labute approximate surface area is 199 Å². The highest BCUT2D eigenvalue weighted by Crippen LogP contribution is 2.28. The van der Waals surface area contributed by atoms with E-state index in [4.69, 9.17) is 0 Å². The van der Waals surface area contributed by atoms with Gasteiger partial charge in [-0.2, -0.15) is 0 Å². The van der Waals surface area contributed by atoms with E-state index in [1.165, 1.54) is 30.4 Å². The number of rotatable bonds is 7. The predicted octanol–water partition coefficient (Wildman–Crippen LogP) is 4.84. The number of hydrogen-bond acceptors (Lipinski definition) is 5. The van der Waals surface area contributed by atoms with Gasteiger partial charge in [0, 0.05) is 18.7 Å². The molecule has 0 radical (unpaired) electrons. The van der Waals surface area contributed by atoms with Gasteiger partial charge in [-0.3, -0.25) is 9.69 Å². The van der Waals surface area contributed by atoms with E-state index in [1.807, 2.05) is 29.8 Å². The van der Waals surface area contributed by atoms with Crippen LogP contribution in [0.15, 0.2) is 53.3 Å². The first-order chi connectivity index (χ1) is 16.6. The number of aromatic amines is 1. The van der Waals surface area contributed by atoms with Crippen LogP contribution >= 0.6 is 0 Å². The van der Waals surface area contributed by atoms with Crippen molar-refractivity contribution in [3.05, 3.63) is 87.0 Å². The molecule has 1 aliphatic carbocycles. The standard InChI is InChI=1S/C27H32N6O/c1-19-11-13-21(14-12-19)16-32(18-25-29-30-31-33(25)24-9-4-3-5-10-24)17-23-15-22-8-6-7-20(2)26(22)28-27(23)34/h6-8,11-15,24H,3-5,9-10,16-18H2,1-2H3,(H,28,34). The van der Waals surface area contributed by atoms with Crippen molar-refractivity contribution >= 4 is 10.9 Å². The minimum absolute atomic E-state index is 0.0393. The molecular formula is C27H32N6O. The largest absolute Gasteiger partial charge is 0.321 e. The molecule has 1 aliphatic rings. The fourth-order valence-electron chi connectivity index (χ4n) is 5.03. The third kappa shape index (κ3) is 4.94. The van der Waals surface area contributed by atoms with Gasteiger partial charge in [0.1, 0.15) is 0 Å². The van der Waals surface area contributed by atoms with Crippen LogP contribution in [0.1, 0.15) is 66.2 Å². The van der Waals surface area contributed by atoms with Crippen LogP contribution in [0, 0.1) is 13.8 Å². The van der Waals surface area contributed by atoms with Crippen molar-refractivity contribution in [2.24, 2.45) is 0 Å². The van der Waals surface area contributed by atoms with Crippen molar-refractivity contribution < 1.29 is 0 Å². The summed E-state index contributed by atoms with van der Waals surface area (Å²) in [5.74, 6) is 0.868. The van der Waals surface area contributed by atoms with Crippen molar-refractivity contribution in [1.82, 2.24) is 30.1 Å². The van der Waals surface area contributed by atoms with E-state index in [0.29, 0.717) is 25.7 Å². The summed E-state index contributed by atoms with van der Waals surface area (Å²) >= 11 is 0. The summed E-state index contributed by atoms with van der Waals surface area (Å²) in [6.07, 6.45) is 5.99. The third-order valence-electron chi connectivity index (χ3n) is 6.93. The van der Waals surface area contributed by atoms with E-state index < -0.39 is 0 Å². The highest BCUT2D eigenvalue weighted by molar-refractivity contribution is 5.81. The van der Waals surface area contributed by atoms with E-state index in [0.717, 1.165) is 40.7 Å². The van der Waals surface area contributed by atoms with Crippen molar-refractivity contribution in [3.63, 3.8) is 0 Å². The molecule has 0 amide bonds. The molecule has 2 heterocycles. The van der Waals surface area contributed by atoms with Gasteiger partial charge in [-0.05, 0) is 59.7 Å². The highest BCUT2D eigenvalue weighted by atomic mass is 16.1. The van der Waals surface area contributed by atoms with Gasteiger partial charge in [0.05, 0.1) is 18.1 Å². The van der Waals surface area contributed by atoms with Crippen molar-refractivity contribution in [1.29, 1.82) is 0 Å². The first-order valence-electron chi connectivity index (χ1n) is 12.2. The summed E-state index contributed by atoms with van der Waals surface area (Å²) in [7, 11) is 0. The summed E-state index contributed by atoms with van der Waals surface area (Å²) in [4.78, 5) is 18.4. The number of H-pyrrole nitrogens is 1. The maximum absolute atomic E-state index is 13.0. The number of tetrazole rings is 1. The van der Waals surface area contributed by atoms with Gasteiger partial charge in [0.15, 0.2) is 5.82 Å². The van der Waals surface area contributed by atoms with E-state index in [2.05, 4.69) is 62.7 Å². The van der Waals surface area contributed by atoms with Gasteiger partial charge in [-0.15, -0.1) is 5.10 Å². The zero-order chi connectivity index (χ0) is 23.5. The molecular weight excluding hydrogens is 424 g/mol. The van der Waals surface area contributed by atoms with E-state index in [9.17, 15) is 4.79 Å². The van der Waals surface area contributed by atoms with E-state index in [-0.39, 0.29) is 5.56 Å². The summed E-state index contributed by atoms with van der Waals surface area (Å²) < 4.78 is 2.02. The second kappa shape index (κ2) is 9.89. The lowest BCUT2D eigenvalue weighted by molar-refractivity contribution is 0.225. The Morgan fingerprint density at radius 1 is 1.00 bits per heavy atom. The first kappa shape index (κ1) is 22.5. The first-order valence-corrected chi connectivity index (χ1v) is 12.2. The lowest BCUT2D eigenvalue weighted by Gasteiger charge is -2.25. The SMILES string of the molecule is Cc1ccc(CN(Cc2cc3cccc(C)c3[nH]c2=O)Cc2nnnn2C2CCCCC2)cc1. The highest BCUT2D eigenvalue weighted by Gasteiger charge is 2.22. The second-order valence-electron chi connectivity index (χ2n) is 9.63. The van der Waals surface area contributed by atoms with Crippen molar-refractivity contribution in [3.8, 4) is 0 Å². The maximum Gasteiger partial charge on any atom is 0.252 e. The molecule has 34 heavy (non-hydrogen) atoms. The Balaban J connectivity index is 1.45. The summed E-state index contributed by atoms with van der Waals surface area (Å²) in [6.45, 7) is 5.93. The molecule has 0 atom stereocenters. The van der Waals surface area contributed by atoms with Crippen LogP contribution in [0.2, 0.25) is 0 Å². The number of benzene rings is 2. The number of para-hydroxylation sites is 1. The number of pyridine rings is 1. The number of aromatic nitrogens is 5. The number of hydrogen-bond donors (Lipinski definition) is 1. The van der Waals surface area contributed by atoms with Gasteiger partial charge >= 0.3 is 0 Å². The molecule has 0 aliphatic heterocycles. The molecule has 2 aromatic carbocycles. The smallest absolute Gasteiger partial charge is 0.252 e. The molecule has 7 heteroatoms. The molecule has 176 valence electrons. The van der Waals surface area contributed by atoms with Crippen molar-refractivity contribution in [2.45, 2.75) is 71.6 Å². The summed E-state index contributed by atoms with van der Waals surface area (Å²) in [6, 6.07) is 17.1. The van der Waals surface area contributed by atoms with Gasteiger partial charge in [-0.1, -0.05) is 67.3 Å². The minimum Gasteiger partial charge on any atom is -0.321 e. The van der Waals surface area contributed by atoms with Gasteiger partial charge in [0.2, 0.25) is 0 Å². The summed E-state index contributed by atoms with van der Waals surface area (Å²) in [5.41, 5.74) is 5.13. The van der Waals surface area contributed by atoms with Crippen LogP contribution in [-0.4, -0.2) is 30.1 Å². The van der Waals surface area contributed by atoms with Gasteiger partial charge < -0.3 is 4.98 Å². The van der Waals surface area contributed by atoms with Gasteiger partial charge in [-0.25, -0.2) is 4.68 Å². The molecule has 7 nitrogen and oxygen atoms in total. The van der Waals surface area contributed by atoms with E-state index in [1.54, 1.807) is 0 Å². The molecule has 0 unspecified atom stereocenters. The molecule has 5 rings (SSSR count). The molecule has 1 N–H and O–H groups in total. The lowest BCUT2D eigenvalue weighted by atomic mass is 9.95. The summed E-state index contributed by atoms with van der Waals surface area (Å²) in [5, 5.41) is 13.8. The van der Waals surface area contributed by atoms with Crippen LogP contribution < -0.4 is 5.56 Å². The molecule has 0 spiro atoms. The van der Waals surface area contributed by atoms with Crippen LogP contribution in [0.3, 0.4) is 0 Å². The topological polar surface area (TPSA) is 79.7 Å². The number of aryl methyl sites for hydroxylation is 2. The quantitative estimate of drug-likeness (QED) is 0.430.